The highest BCUT2D eigenvalue weighted by Gasteiger charge is 2.31. The fourth-order valence-electron chi connectivity index (χ4n) is 4.72. The van der Waals surface area contributed by atoms with Crippen molar-refractivity contribution in [3.8, 4) is 11.1 Å². The van der Waals surface area contributed by atoms with Crippen molar-refractivity contribution in [3.05, 3.63) is 59.7 Å². The van der Waals surface area contributed by atoms with Gasteiger partial charge in [-0.3, -0.25) is 9.59 Å². The molecule has 3 atom stereocenters. The van der Waals surface area contributed by atoms with Crippen LogP contribution in [0.1, 0.15) is 43.2 Å². The summed E-state index contributed by atoms with van der Waals surface area (Å²) in [6, 6.07) is 16.4. The molecule has 1 saturated heterocycles. The molecule has 3 N–H and O–H groups in total. The second kappa shape index (κ2) is 11.4. The molecule has 2 amide bonds. The molecule has 3 unspecified atom stereocenters. The number of benzene rings is 2. The molecule has 1 aliphatic heterocycles. The summed E-state index contributed by atoms with van der Waals surface area (Å²) in [5.74, 6) is -1.36. The number of rotatable bonds is 10. The third kappa shape index (κ3) is 6.19. The summed E-state index contributed by atoms with van der Waals surface area (Å²) < 4.78 is 11.0. The lowest BCUT2D eigenvalue weighted by Crippen LogP contribution is -2.33. The molecule has 8 heteroatoms. The lowest BCUT2D eigenvalue weighted by Gasteiger charge is -2.16. The number of alkyl carbamates (subject to hydrolysis) is 1. The van der Waals surface area contributed by atoms with Crippen LogP contribution in [0.15, 0.2) is 48.5 Å². The van der Waals surface area contributed by atoms with Gasteiger partial charge >= 0.3 is 12.1 Å². The van der Waals surface area contributed by atoms with Crippen molar-refractivity contribution < 1.29 is 29.0 Å². The van der Waals surface area contributed by atoms with Crippen molar-refractivity contribution in [1.82, 2.24) is 10.6 Å². The molecule has 1 heterocycles. The number of fused-ring (bicyclic) bond motifs is 3. The molecule has 0 spiro atoms. The van der Waals surface area contributed by atoms with Gasteiger partial charge in [0, 0.05) is 25.4 Å². The first-order valence-electron chi connectivity index (χ1n) is 12.1. The van der Waals surface area contributed by atoms with Gasteiger partial charge in [0.1, 0.15) is 6.61 Å². The van der Waals surface area contributed by atoms with E-state index < -0.39 is 18.0 Å². The summed E-state index contributed by atoms with van der Waals surface area (Å²) in [5.41, 5.74) is 4.71. The maximum Gasteiger partial charge on any atom is 0.407 e. The number of hydrogen-bond donors (Lipinski definition) is 3. The normalized spacial score (nSPS) is 19.5. The van der Waals surface area contributed by atoms with Crippen LogP contribution in [0, 0.1) is 11.8 Å². The summed E-state index contributed by atoms with van der Waals surface area (Å²) >= 11 is 0. The van der Waals surface area contributed by atoms with Crippen molar-refractivity contribution >= 4 is 18.0 Å². The van der Waals surface area contributed by atoms with Gasteiger partial charge in [-0.2, -0.15) is 0 Å². The second-order valence-electron chi connectivity index (χ2n) is 9.38. The molecule has 186 valence electrons. The number of ether oxygens (including phenoxy) is 2. The van der Waals surface area contributed by atoms with E-state index in [0.29, 0.717) is 32.4 Å². The number of amides is 2. The molecule has 0 radical (unpaired) electrons. The smallest absolute Gasteiger partial charge is 0.407 e. The Hall–Kier alpha value is -3.39. The zero-order chi connectivity index (χ0) is 24.8. The molecule has 8 nitrogen and oxygen atoms in total. The molecule has 2 aromatic carbocycles. The minimum Gasteiger partial charge on any atom is -0.481 e. The number of carbonyl (C=O) groups is 3. The molecule has 1 aliphatic carbocycles. The van der Waals surface area contributed by atoms with Crippen molar-refractivity contribution in [2.75, 3.05) is 26.3 Å². The molecular formula is C27H32N2O6. The third-order valence-corrected chi connectivity index (χ3v) is 6.76. The third-order valence-electron chi connectivity index (χ3n) is 6.76. The van der Waals surface area contributed by atoms with E-state index >= 15 is 0 Å². The average Bonchev–Trinajstić information content (AvgIpc) is 3.47. The molecule has 1 fully saturated rings. The number of hydrogen-bond acceptors (Lipinski definition) is 5. The zero-order valence-electron chi connectivity index (χ0n) is 19.9. The Labute approximate surface area is 205 Å². The highest BCUT2D eigenvalue weighted by atomic mass is 16.5. The lowest BCUT2D eigenvalue weighted by molar-refractivity contribution is -0.141. The van der Waals surface area contributed by atoms with Gasteiger partial charge in [-0.1, -0.05) is 55.5 Å². The van der Waals surface area contributed by atoms with E-state index in [2.05, 4.69) is 34.9 Å². The molecule has 2 aliphatic rings. The molecule has 0 aromatic heterocycles. The van der Waals surface area contributed by atoms with Crippen LogP contribution < -0.4 is 10.6 Å². The standard InChI is InChI=1S/C27H32N2O6/c1-17(10-11-25(30)28-14-19-12-18(15-34-19)26(31)32)13-29-27(33)35-16-24-22-8-4-2-6-20(22)21-7-3-5-9-23(21)24/h2-9,17-19,24H,10-16H2,1H3,(H,28,30)(H,29,33)(H,31,32). The van der Waals surface area contributed by atoms with Gasteiger partial charge in [-0.25, -0.2) is 4.79 Å². The summed E-state index contributed by atoms with van der Waals surface area (Å²) in [5, 5.41) is 14.6. The minimum atomic E-state index is -0.864. The van der Waals surface area contributed by atoms with Gasteiger partial charge in [0.2, 0.25) is 5.91 Å². The van der Waals surface area contributed by atoms with E-state index in [4.69, 9.17) is 14.6 Å². The van der Waals surface area contributed by atoms with Crippen LogP contribution in [0.4, 0.5) is 4.79 Å². The second-order valence-corrected chi connectivity index (χ2v) is 9.38. The maximum atomic E-state index is 12.3. The number of nitrogens with one attached hydrogen (secondary N) is 2. The van der Waals surface area contributed by atoms with E-state index in [9.17, 15) is 14.4 Å². The SMILES string of the molecule is CC(CCC(=O)NCC1CC(C(=O)O)CO1)CNC(=O)OCC1c2ccccc2-c2ccccc21. The predicted molar refractivity (Wildman–Crippen MR) is 130 cm³/mol. The van der Waals surface area contributed by atoms with E-state index in [-0.39, 0.29) is 37.1 Å². The highest BCUT2D eigenvalue weighted by molar-refractivity contribution is 5.79. The topological polar surface area (TPSA) is 114 Å². The Kier molecular flexibility index (Phi) is 8.02. The minimum absolute atomic E-state index is 0.0175. The van der Waals surface area contributed by atoms with E-state index in [1.54, 1.807) is 0 Å². The van der Waals surface area contributed by atoms with Crippen molar-refractivity contribution in [1.29, 1.82) is 0 Å². The first kappa shape index (κ1) is 24.7. The molecule has 0 bridgehead atoms. The Morgan fingerprint density at radius 2 is 1.71 bits per heavy atom. The first-order chi connectivity index (χ1) is 16.9. The molecular weight excluding hydrogens is 448 g/mol. The summed E-state index contributed by atoms with van der Waals surface area (Å²) in [7, 11) is 0. The van der Waals surface area contributed by atoms with Crippen LogP contribution in [-0.2, 0) is 19.1 Å². The Morgan fingerprint density at radius 3 is 2.34 bits per heavy atom. The zero-order valence-corrected chi connectivity index (χ0v) is 19.9. The Morgan fingerprint density at radius 1 is 1.06 bits per heavy atom. The van der Waals surface area contributed by atoms with Crippen LogP contribution in [0.2, 0.25) is 0 Å². The molecule has 2 aromatic rings. The van der Waals surface area contributed by atoms with Crippen LogP contribution in [0.5, 0.6) is 0 Å². The summed E-state index contributed by atoms with van der Waals surface area (Å²) in [4.78, 5) is 35.4. The average molecular weight is 481 g/mol. The van der Waals surface area contributed by atoms with E-state index in [0.717, 1.165) is 0 Å². The van der Waals surface area contributed by atoms with Crippen molar-refractivity contribution in [3.63, 3.8) is 0 Å². The fourth-order valence-corrected chi connectivity index (χ4v) is 4.72. The van der Waals surface area contributed by atoms with Crippen LogP contribution in [0.3, 0.4) is 0 Å². The van der Waals surface area contributed by atoms with E-state index in [1.807, 2.05) is 31.2 Å². The number of aliphatic carboxylic acids is 1. The first-order valence-corrected chi connectivity index (χ1v) is 12.1. The molecule has 35 heavy (non-hydrogen) atoms. The van der Waals surface area contributed by atoms with Crippen LogP contribution >= 0.6 is 0 Å². The van der Waals surface area contributed by atoms with E-state index in [1.165, 1.54) is 22.3 Å². The maximum absolute atomic E-state index is 12.3. The predicted octanol–water partition coefficient (Wildman–Crippen LogP) is 3.55. The van der Waals surface area contributed by atoms with Gasteiger partial charge in [0.05, 0.1) is 18.6 Å². The highest BCUT2D eigenvalue weighted by Crippen LogP contribution is 2.44. The lowest BCUT2D eigenvalue weighted by atomic mass is 9.98. The van der Waals surface area contributed by atoms with Gasteiger partial charge < -0.3 is 25.2 Å². The summed E-state index contributed by atoms with van der Waals surface area (Å²) in [6.45, 7) is 3.15. The van der Waals surface area contributed by atoms with Crippen molar-refractivity contribution in [2.24, 2.45) is 11.8 Å². The Balaban J connectivity index is 1.14. The quantitative estimate of drug-likeness (QED) is 0.479. The van der Waals surface area contributed by atoms with Crippen LogP contribution in [-0.4, -0.2) is 55.5 Å². The number of carboxylic acid groups (broad SMARTS) is 1. The van der Waals surface area contributed by atoms with Crippen LogP contribution in [0.25, 0.3) is 11.1 Å². The number of carbonyl (C=O) groups excluding carboxylic acids is 2. The fraction of sp³-hybridized carbons (Fsp3) is 0.444. The molecule has 4 rings (SSSR count). The van der Waals surface area contributed by atoms with Crippen molar-refractivity contribution in [2.45, 2.75) is 38.2 Å². The Bertz CT molecular complexity index is 1030. The van der Waals surface area contributed by atoms with Gasteiger partial charge in [-0.05, 0) is 41.0 Å². The van der Waals surface area contributed by atoms with Gasteiger partial charge in [-0.15, -0.1) is 0 Å². The molecule has 0 saturated carbocycles. The number of carboxylic acids is 1. The van der Waals surface area contributed by atoms with Gasteiger partial charge in [0.25, 0.3) is 0 Å². The monoisotopic (exact) mass is 480 g/mol. The largest absolute Gasteiger partial charge is 0.481 e. The van der Waals surface area contributed by atoms with Gasteiger partial charge in [0.15, 0.2) is 0 Å². The summed E-state index contributed by atoms with van der Waals surface area (Å²) in [6.07, 6.45) is 0.625.